The van der Waals surface area contributed by atoms with E-state index in [4.69, 9.17) is 5.11 Å². The van der Waals surface area contributed by atoms with Gasteiger partial charge in [0.15, 0.2) is 0 Å². The van der Waals surface area contributed by atoms with E-state index in [1.165, 1.54) is 5.39 Å². The summed E-state index contributed by atoms with van der Waals surface area (Å²) in [5.41, 5.74) is 3.26. The Bertz CT molecular complexity index is 499. The van der Waals surface area contributed by atoms with Crippen LogP contribution in [-0.2, 0) is 11.2 Å². The number of aliphatic carboxylic acids is 1. The maximum Gasteiger partial charge on any atom is 0.303 e. The van der Waals surface area contributed by atoms with Gasteiger partial charge in [0.05, 0.1) is 6.42 Å². The smallest absolute Gasteiger partial charge is 0.303 e. The number of para-hydroxylation sites is 1. The van der Waals surface area contributed by atoms with E-state index >= 15 is 0 Å². The summed E-state index contributed by atoms with van der Waals surface area (Å²) in [7, 11) is 0. The number of carboxylic acid groups (broad SMARTS) is 1. The molecule has 0 saturated carbocycles. The third-order valence-corrected chi connectivity index (χ3v) is 2.66. The highest BCUT2D eigenvalue weighted by Gasteiger charge is 2.07. The number of aryl methyl sites for hydroxylation is 2. The SMILES string of the molecule is Cc1c(CCC(=O)O)[nH]c2ccccc12. The average molecular weight is 203 g/mol. The zero-order valence-corrected chi connectivity index (χ0v) is 8.58. The second kappa shape index (κ2) is 3.77. The molecular weight excluding hydrogens is 190 g/mol. The van der Waals surface area contributed by atoms with E-state index in [-0.39, 0.29) is 6.42 Å². The van der Waals surface area contributed by atoms with E-state index in [1.807, 2.05) is 31.2 Å². The normalized spacial score (nSPS) is 10.7. The van der Waals surface area contributed by atoms with Gasteiger partial charge in [-0.2, -0.15) is 0 Å². The summed E-state index contributed by atoms with van der Waals surface area (Å²) in [6, 6.07) is 8.02. The first-order chi connectivity index (χ1) is 7.18. The first-order valence-corrected chi connectivity index (χ1v) is 4.96. The van der Waals surface area contributed by atoms with Crippen LogP contribution in [0.1, 0.15) is 17.7 Å². The van der Waals surface area contributed by atoms with Gasteiger partial charge < -0.3 is 10.1 Å². The zero-order valence-electron chi connectivity index (χ0n) is 8.58. The highest BCUT2D eigenvalue weighted by atomic mass is 16.4. The molecule has 1 heterocycles. The van der Waals surface area contributed by atoms with Crippen LogP contribution in [-0.4, -0.2) is 16.1 Å². The molecule has 0 amide bonds. The number of carboxylic acids is 1. The van der Waals surface area contributed by atoms with Crippen LogP contribution in [0.25, 0.3) is 10.9 Å². The van der Waals surface area contributed by atoms with Crippen molar-refractivity contribution in [2.75, 3.05) is 0 Å². The maximum absolute atomic E-state index is 10.5. The minimum atomic E-state index is -0.756. The largest absolute Gasteiger partial charge is 0.481 e. The number of hydrogen-bond donors (Lipinski definition) is 2. The number of hydrogen-bond acceptors (Lipinski definition) is 1. The number of fused-ring (bicyclic) bond motifs is 1. The molecule has 0 atom stereocenters. The molecule has 0 aliphatic carbocycles. The fraction of sp³-hybridized carbons (Fsp3) is 0.250. The third kappa shape index (κ3) is 1.86. The van der Waals surface area contributed by atoms with Crippen molar-refractivity contribution in [3.8, 4) is 0 Å². The molecule has 0 saturated heterocycles. The summed E-state index contributed by atoms with van der Waals surface area (Å²) in [5, 5.41) is 9.81. The van der Waals surface area contributed by atoms with Crippen LogP contribution in [0, 0.1) is 6.92 Å². The zero-order chi connectivity index (χ0) is 10.8. The van der Waals surface area contributed by atoms with E-state index in [9.17, 15) is 4.79 Å². The van der Waals surface area contributed by atoms with Gasteiger partial charge in [-0.1, -0.05) is 18.2 Å². The van der Waals surface area contributed by atoms with E-state index in [0.29, 0.717) is 6.42 Å². The first kappa shape index (κ1) is 9.77. The molecule has 0 aliphatic heterocycles. The van der Waals surface area contributed by atoms with Gasteiger partial charge in [0.1, 0.15) is 0 Å². The number of H-pyrrole nitrogens is 1. The Balaban J connectivity index is 2.36. The first-order valence-electron chi connectivity index (χ1n) is 4.96. The molecule has 1 aromatic heterocycles. The summed E-state index contributed by atoms with van der Waals surface area (Å²) >= 11 is 0. The molecule has 3 nitrogen and oxygen atoms in total. The molecule has 15 heavy (non-hydrogen) atoms. The predicted octanol–water partition coefficient (Wildman–Crippen LogP) is 2.49. The van der Waals surface area contributed by atoms with Gasteiger partial charge in [-0.05, 0) is 25.0 Å². The van der Waals surface area contributed by atoms with Gasteiger partial charge in [-0.15, -0.1) is 0 Å². The summed E-state index contributed by atoms with van der Waals surface area (Å²) in [6.07, 6.45) is 0.740. The van der Waals surface area contributed by atoms with Gasteiger partial charge in [0, 0.05) is 16.6 Å². The molecule has 2 N–H and O–H groups in total. The molecule has 3 heteroatoms. The molecule has 1 aromatic carbocycles. The number of rotatable bonds is 3. The molecule has 0 bridgehead atoms. The molecule has 0 fully saturated rings. The fourth-order valence-electron chi connectivity index (χ4n) is 1.82. The Labute approximate surface area is 87.7 Å². The minimum Gasteiger partial charge on any atom is -0.481 e. The second-order valence-electron chi connectivity index (χ2n) is 3.67. The summed E-state index contributed by atoms with van der Waals surface area (Å²) < 4.78 is 0. The second-order valence-corrected chi connectivity index (χ2v) is 3.67. The lowest BCUT2D eigenvalue weighted by Crippen LogP contribution is -1.98. The van der Waals surface area contributed by atoms with Crippen molar-refractivity contribution in [2.24, 2.45) is 0 Å². The van der Waals surface area contributed by atoms with Gasteiger partial charge in [-0.3, -0.25) is 4.79 Å². The van der Waals surface area contributed by atoms with E-state index in [0.717, 1.165) is 16.8 Å². The van der Waals surface area contributed by atoms with Crippen molar-refractivity contribution in [3.05, 3.63) is 35.5 Å². The Kier molecular flexibility index (Phi) is 2.46. The van der Waals surface area contributed by atoms with Gasteiger partial charge >= 0.3 is 5.97 Å². The molecule has 0 spiro atoms. The molecule has 2 aromatic rings. The van der Waals surface area contributed by atoms with Crippen molar-refractivity contribution >= 4 is 16.9 Å². The van der Waals surface area contributed by atoms with Crippen molar-refractivity contribution in [1.82, 2.24) is 4.98 Å². The van der Waals surface area contributed by atoms with Crippen LogP contribution in [0.3, 0.4) is 0 Å². The van der Waals surface area contributed by atoms with Crippen LogP contribution in [0.4, 0.5) is 0 Å². The average Bonchev–Trinajstić information content (AvgIpc) is 2.54. The number of nitrogens with one attached hydrogen (secondary N) is 1. The van der Waals surface area contributed by atoms with E-state index in [2.05, 4.69) is 4.98 Å². The summed E-state index contributed by atoms with van der Waals surface area (Å²) in [5.74, 6) is -0.756. The van der Waals surface area contributed by atoms with Crippen LogP contribution in [0.15, 0.2) is 24.3 Å². The van der Waals surface area contributed by atoms with Crippen molar-refractivity contribution in [3.63, 3.8) is 0 Å². The standard InChI is InChI=1S/C12H13NO2/c1-8-9-4-2-3-5-11(9)13-10(8)6-7-12(14)15/h2-5,13H,6-7H2,1H3,(H,14,15). The predicted molar refractivity (Wildman–Crippen MR) is 59.0 cm³/mol. The highest BCUT2D eigenvalue weighted by molar-refractivity contribution is 5.84. The quantitative estimate of drug-likeness (QED) is 0.805. The number of aromatic amines is 1. The Morgan fingerprint density at radius 3 is 2.80 bits per heavy atom. The summed E-state index contributed by atoms with van der Waals surface area (Å²) in [4.78, 5) is 13.7. The van der Waals surface area contributed by atoms with E-state index in [1.54, 1.807) is 0 Å². The number of benzene rings is 1. The maximum atomic E-state index is 10.5. The highest BCUT2D eigenvalue weighted by Crippen LogP contribution is 2.21. The lowest BCUT2D eigenvalue weighted by atomic mass is 10.1. The minimum absolute atomic E-state index is 0.174. The number of aromatic nitrogens is 1. The number of carbonyl (C=O) groups is 1. The topological polar surface area (TPSA) is 53.1 Å². The Morgan fingerprint density at radius 1 is 1.40 bits per heavy atom. The molecule has 78 valence electrons. The van der Waals surface area contributed by atoms with Crippen LogP contribution in [0.5, 0.6) is 0 Å². The van der Waals surface area contributed by atoms with Crippen molar-refractivity contribution in [2.45, 2.75) is 19.8 Å². The van der Waals surface area contributed by atoms with Gasteiger partial charge in [-0.25, -0.2) is 0 Å². The monoisotopic (exact) mass is 203 g/mol. The molecule has 0 radical (unpaired) electrons. The van der Waals surface area contributed by atoms with Crippen molar-refractivity contribution in [1.29, 1.82) is 0 Å². The molecule has 2 rings (SSSR count). The Hall–Kier alpha value is -1.77. The van der Waals surface area contributed by atoms with Crippen molar-refractivity contribution < 1.29 is 9.90 Å². The van der Waals surface area contributed by atoms with Crippen LogP contribution >= 0.6 is 0 Å². The molecule has 0 aliphatic rings. The van der Waals surface area contributed by atoms with Crippen LogP contribution < -0.4 is 0 Å². The van der Waals surface area contributed by atoms with Crippen LogP contribution in [0.2, 0.25) is 0 Å². The van der Waals surface area contributed by atoms with Gasteiger partial charge in [0.2, 0.25) is 0 Å². The summed E-state index contributed by atoms with van der Waals surface area (Å²) in [6.45, 7) is 2.02. The molecule has 0 unspecified atom stereocenters. The fourth-order valence-corrected chi connectivity index (χ4v) is 1.82. The lowest BCUT2D eigenvalue weighted by Gasteiger charge is -1.96. The Morgan fingerprint density at radius 2 is 2.13 bits per heavy atom. The van der Waals surface area contributed by atoms with E-state index < -0.39 is 5.97 Å². The van der Waals surface area contributed by atoms with Gasteiger partial charge in [0.25, 0.3) is 0 Å². The lowest BCUT2D eigenvalue weighted by molar-refractivity contribution is -0.136. The third-order valence-electron chi connectivity index (χ3n) is 2.66. The molecular formula is C12H13NO2.